The minimum atomic E-state index is -1.41. The maximum absolute atomic E-state index is 13.7. The van der Waals surface area contributed by atoms with E-state index in [-0.39, 0.29) is 11.5 Å². The van der Waals surface area contributed by atoms with Crippen LogP contribution in [0.2, 0.25) is 0 Å². The quantitative estimate of drug-likeness (QED) is 0.924. The molecule has 0 radical (unpaired) electrons. The zero-order valence-corrected chi connectivity index (χ0v) is 11.9. The molecule has 0 aromatic heterocycles. The van der Waals surface area contributed by atoms with E-state index in [9.17, 15) is 8.60 Å². The molecule has 1 aromatic rings. The van der Waals surface area contributed by atoms with Crippen molar-refractivity contribution < 1.29 is 8.60 Å². The monoisotopic (exact) mass is 280 g/mol. The van der Waals surface area contributed by atoms with Crippen LogP contribution in [-0.2, 0) is 17.4 Å². The highest BCUT2D eigenvalue weighted by atomic mass is 32.2. The maximum Gasteiger partial charge on any atom is 0.141 e. The Morgan fingerprint density at radius 3 is 2.84 bits per heavy atom. The van der Waals surface area contributed by atoms with E-state index in [1.54, 1.807) is 6.07 Å². The largest absolute Gasteiger partial charge is 0.251 e. The van der Waals surface area contributed by atoms with Gasteiger partial charge >= 0.3 is 0 Å². The van der Waals surface area contributed by atoms with Crippen LogP contribution in [0.5, 0.6) is 0 Å². The number of halogens is 1. The Bertz CT molecular complexity index is 578. The van der Waals surface area contributed by atoms with Crippen molar-refractivity contribution in [3.05, 3.63) is 34.6 Å². The standard InChI is InChI=1S/C14H17FN2OS/c1-14(2,19(17)18)7-10-4-3-9-5-11(8-16)13(15)6-12(9)10/h5-6,10H,3-4,7,17H2,1-2H3/t10-,19?/m1/s1. The molecule has 2 N–H and O–H groups in total. The number of hydrogen-bond acceptors (Lipinski definition) is 2. The third-order valence-corrected chi connectivity index (χ3v) is 5.09. The Balaban J connectivity index is 2.31. The zero-order chi connectivity index (χ0) is 14.2. The Morgan fingerprint density at radius 1 is 1.58 bits per heavy atom. The highest BCUT2D eigenvalue weighted by molar-refractivity contribution is 7.84. The lowest BCUT2D eigenvalue weighted by Gasteiger charge is -2.25. The number of benzene rings is 1. The summed E-state index contributed by atoms with van der Waals surface area (Å²) in [6.07, 6.45) is 2.39. The molecular formula is C14H17FN2OS. The summed E-state index contributed by atoms with van der Waals surface area (Å²) in [6, 6.07) is 4.96. The first-order valence-electron chi connectivity index (χ1n) is 6.24. The molecule has 0 spiro atoms. The minimum absolute atomic E-state index is 0.0982. The van der Waals surface area contributed by atoms with E-state index >= 15 is 0 Å². The van der Waals surface area contributed by atoms with E-state index in [0.29, 0.717) is 6.42 Å². The number of rotatable bonds is 3. The van der Waals surface area contributed by atoms with Gasteiger partial charge in [-0.1, -0.05) is 0 Å². The van der Waals surface area contributed by atoms with Gasteiger partial charge in [-0.25, -0.2) is 8.60 Å². The lowest BCUT2D eigenvalue weighted by Crippen LogP contribution is -2.33. The van der Waals surface area contributed by atoms with Crippen LogP contribution in [0, 0.1) is 17.1 Å². The third-order valence-electron chi connectivity index (χ3n) is 3.83. The first-order chi connectivity index (χ1) is 8.85. The van der Waals surface area contributed by atoms with Gasteiger partial charge in [0.25, 0.3) is 0 Å². The molecule has 1 aromatic carbocycles. The first kappa shape index (κ1) is 14.2. The molecule has 0 saturated heterocycles. The van der Waals surface area contributed by atoms with Crippen molar-refractivity contribution in [2.24, 2.45) is 5.14 Å². The van der Waals surface area contributed by atoms with Gasteiger partial charge in [-0.2, -0.15) is 5.26 Å². The third kappa shape index (κ3) is 2.70. The maximum atomic E-state index is 13.7. The summed E-state index contributed by atoms with van der Waals surface area (Å²) in [4.78, 5) is 0. The molecule has 0 heterocycles. The fourth-order valence-corrected chi connectivity index (χ4v) is 3.05. The fraction of sp³-hybridized carbons (Fsp3) is 0.500. The fourth-order valence-electron chi connectivity index (χ4n) is 2.69. The van der Waals surface area contributed by atoms with Crippen LogP contribution in [0.15, 0.2) is 12.1 Å². The molecule has 2 rings (SSSR count). The summed E-state index contributed by atoms with van der Waals surface area (Å²) in [6.45, 7) is 3.72. The molecule has 5 heteroatoms. The van der Waals surface area contributed by atoms with Crippen LogP contribution in [0.1, 0.15) is 49.3 Å². The molecule has 1 aliphatic rings. The summed E-state index contributed by atoms with van der Waals surface area (Å²) < 4.78 is 24.7. The predicted octanol–water partition coefficient (Wildman–Crippen LogP) is 2.52. The van der Waals surface area contributed by atoms with Crippen molar-refractivity contribution in [2.45, 2.75) is 43.8 Å². The predicted molar refractivity (Wildman–Crippen MR) is 73.2 cm³/mol. The molecule has 2 atom stereocenters. The van der Waals surface area contributed by atoms with E-state index in [4.69, 9.17) is 10.4 Å². The van der Waals surface area contributed by atoms with Crippen LogP contribution in [-0.4, -0.2) is 8.96 Å². The van der Waals surface area contributed by atoms with E-state index in [1.807, 2.05) is 19.9 Å². The molecule has 102 valence electrons. The van der Waals surface area contributed by atoms with Crippen molar-refractivity contribution >= 4 is 11.0 Å². The number of nitriles is 1. The highest BCUT2D eigenvalue weighted by Crippen LogP contribution is 2.40. The molecule has 0 saturated carbocycles. The average molecular weight is 280 g/mol. The normalized spacial score (nSPS) is 19.8. The molecule has 1 unspecified atom stereocenters. The second-order valence-corrected chi connectivity index (χ2v) is 7.34. The molecule has 0 amide bonds. The molecule has 0 bridgehead atoms. The van der Waals surface area contributed by atoms with Gasteiger partial charge in [-0.3, -0.25) is 5.14 Å². The van der Waals surface area contributed by atoms with Crippen molar-refractivity contribution in [1.82, 2.24) is 0 Å². The molecule has 1 aliphatic carbocycles. The first-order valence-corrected chi connectivity index (χ1v) is 7.45. The van der Waals surface area contributed by atoms with Gasteiger partial charge < -0.3 is 0 Å². The Labute approximate surface area is 115 Å². The molecule has 3 nitrogen and oxygen atoms in total. The Hall–Kier alpha value is -1.25. The van der Waals surface area contributed by atoms with Gasteiger partial charge in [0, 0.05) is 0 Å². The SMILES string of the molecule is CC(C)(C[C@H]1CCc2cc(C#N)c(F)cc21)S(N)=O. The van der Waals surface area contributed by atoms with Crippen molar-refractivity contribution in [3.8, 4) is 6.07 Å². The minimum Gasteiger partial charge on any atom is -0.251 e. The lowest BCUT2D eigenvalue weighted by molar-refractivity contribution is 0.513. The van der Waals surface area contributed by atoms with Crippen LogP contribution >= 0.6 is 0 Å². The van der Waals surface area contributed by atoms with Crippen LogP contribution < -0.4 is 5.14 Å². The summed E-state index contributed by atoms with van der Waals surface area (Å²) in [7, 11) is -1.41. The van der Waals surface area contributed by atoms with Crippen LogP contribution in [0.25, 0.3) is 0 Å². The number of aryl methyl sites for hydroxylation is 1. The second-order valence-electron chi connectivity index (χ2n) is 5.64. The lowest BCUT2D eigenvalue weighted by atomic mass is 9.91. The van der Waals surface area contributed by atoms with E-state index in [0.717, 1.165) is 24.0 Å². The van der Waals surface area contributed by atoms with Crippen molar-refractivity contribution in [1.29, 1.82) is 5.26 Å². The van der Waals surface area contributed by atoms with Crippen LogP contribution in [0.3, 0.4) is 0 Å². The molecule has 0 fully saturated rings. The van der Waals surface area contributed by atoms with Crippen LogP contribution in [0.4, 0.5) is 4.39 Å². The average Bonchev–Trinajstić information content (AvgIpc) is 2.70. The molecule has 19 heavy (non-hydrogen) atoms. The van der Waals surface area contributed by atoms with Gasteiger partial charge in [-0.05, 0) is 62.3 Å². The van der Waals surface area contributed by atoms with Crippen molar-refractivity contribution in [3.63, 3.8) is 0 Å². The van der Waals surface area contributed by atoms with E-state index in [2.05, 4.69) is 0 Å². The Kier molecular flexibility index (Phi) is 3.75. The highest BCUT2D eigenvalue weighted by Gasteiger charge is 2.32. The summed E-state index contributed by atoms with van der Waals surface area (Å²) in [5.41, 5.74) is 2.07. The molecular weight excluding hydrogens is 263 g/mol. The van der Waals surface area contributed by atoms with E-state index in [1.165, 1.54) is 6.07 Å². The second kappa shape index (κ2) is 5.03. The molecule has 0 aliphatic heterocycles. The number of fused-ring (bicyclic) bond motifs is 1. The summed E-state index contributed by atoms with van der Waals surface area (Å²) in [5.74, 6) is -0.306. The smallest absolute Gasteiger partial charge is 0.141 e. The van der Waals surface area contributed by atoms with Crippen molar-refractivity contribution in [2.75, 3.05) is 0 Å². The number of hydrogen-bond donors (Lipinski definition) is 1. The van der Waals surface area contributed by atoms with Gasteiger partial charge in [-0.15, -0.1) is 0 Å². The number of nitrogens with zero attached hydrogens (tertiary/aromatic N) is 1. The van der Waals surface area contributed by atoms with Gasteiger partial charge in [0.2, 0.25) is 0 Å². The van der Waals surface area contributed by atoms with E-state index < -0.39 is 21.5 Å². The number of nitrogens with two attached hydrogens (primary N) is 1. The van der Waals surface area contributed by atoms with Gasteiger partial charge in [0.05, 0.1) is 21.3 Å². The summed E-state index contributed by atoms with van der Waals surface area (Å²) >= 11 is 0. The Morgan fingerprint density at radius 2 is 2.26 bits per heavy atom. The van der Waals surface area contributed by atoms with Gasteiger partial charge in [0.15, 0.2) is 0 Å². The van der Waals surface area contributed by atoms with Gasteiger partial charge in [0.1, 0.15) is 11.9 Å². The zero-order valence-electron chi connectivity index (χ0n) is 11.1. The summed E-state index contributed by atoms with van der Waals surface area (Å²) in [5, 5.41) is 14.3. The topological polar surface area (TPSA) is 66.9 Å².